The number of rotatable bonds is 6. The van der Waals surface area contributed by atoms with E-state index in [1.54, 1.807) is 19.9 Å². The lowest BCUT2D eigenvalue weighted by molar-refractivity contribution is 0.580. The van der Waals surface area contributed by atoms with Crippen LogP contribution in [0.3, 0.4) is 0 Å². The van der Waals surface area contributed by atoms with Crippen LogP contribution in [0.25, 0.3) is 17.1 Å². The summed E-state index contributed by atoms with van der Waals surface area (Å²) < 4.78 is 30.2. The van der Waals surface area contributed by atoms with Crippen LogP contribution in [0.2, 0.25) is 0 Å². The highest BCUT2D eigenvalue weighted by molar-refractivity contribution is 7.89. The number of hydrogen-bond donors (Lipinski definition) is 1. The number of hydrogen-bond acceptors (Lipinski definition) is 5. The third kappa shape index (κ3) is 4.40. The van der Waals surface area contributed by atoms with Crippen molar-refractivity contribution in [1.82, 2.24) is 24.7 Å². The van der Waals surface area contributed by atoms with Gasteiger partial charge in [0.1, 0.15) is 4.90 Å². The first-order valence-electron chi connectivity index (χ1n) is 9.86. The molecule has 4 rings (SSSR count). The van der Waals surface area contributed by atoms with Crippen LogP contribution in [0.15, 0.2) is 71.6 Å². The minimum Gasteiger partial charge on any atom is -0.216 e. The van der Waals surface area contributed by atoms with E-state index >= 15 is 0 Å². The van der Waals surface area contributed by atoms with Crippen molar-refractivity contribution in [2.45, 2.75) is 32.2 Å². The zero-order valence-electron chi connectivity index (χ0n) is 17.6. The van der Waals surface area contributed by atoms with Gasteiger partial charge in [0.15, 0.2) is 5.82 Å². The zero-order chi connectivity index (χ0) is 22.0. The maximum absolute atomic E-state index is 13.0. The van der Waals surface area contributed by atoms with Crippen LogP contribution in [0.1, 0.15) is 22.5 Å². The van der Waals surface area contributed by atoms with E-state index in [4.69, 9.17) is 0 Å². The Labute approximate surface area is 181 Å². The minimum absolute atomic E-state index is 0.161. The number of aromatic nitrogens is 4. The van der Waals surface area contributed by atoms with Crippen molar-refractivity contribution in [1.29, 1.82) is 0 Å². The molecule has 8 heteroatoms. The molecular formula is C23H23N5O2S. The van der Waals surface area contributed by atoms with Gasteiger partial charge >= 0.3 is 0 Å². The maximum atomic E-state index is 13.0. The highest BCUT2D eigenvalue weighted by atomic mass is 32.2. The van der Waals surface area contributed by atoms with Crippen molar-refractivity contribution < 1.29 is 8.42 Å². The molecule has 7 nitrogen and oxygen atoms in total. The van der Waals surface area contributed by atoms with Crippen molar-refractivity contribution in [3.8, 4) is 17.1 Å². The van der Waals surface area contributed by atoms with Crippen molar-refractivity contribution in [3.63, 3.8) is 0 Å². The molecule has 2 heterocycles. The Kier molecular flexibility index (Phi) is 5.67. The predicted octanol–water partition coefficient (Wildman–Crippen LogP) is 3.73. The van der Waals surface area contributed by atoms with Gasteiger partial charge in [-0.05, 0) is 38.5 Å². The summed E-state index contributed by atoms with van der Waals surface area (Å²) in [5.41, 5.74) is 4.55. The normalized spacial score (nSPS) is 11.6. The van der Waals surface area contributed by atoms with Crippen LogP contribution in [-0.4, -0.2) is 28.4 Å². The van der Waals surface area contributed by atoms with Gasteiger partial charge in [-0.15, -0.1) is 10.2 Å². The highest BCUT2D eigenvalue weighted by Crippen LogP contribution is 2.23. The largest absolute Gasteiger partial charge is 0.244 e. The predicted molar refractivity (Wildman–Crippen MR) is 119 cm³/mol. The summed E-state index contributed by atoms with van der Waals surface area (Å²) in [5.74, 6) is 0.459. The number of sulfonamides is 1. The highest BCUT2D eigenvalue weighted by Gasteiger charge is 2.25. The molecule has 31 heavy (non-hydrogen) atoms. The molecule has 158 valence electrons. The average molecular weight is 434 g/mol. The molecule has 0 aliphatic carbocycles. The first-order chi connectivity index (χ1) is 14.8. The van der Waals surface area contributed by atoms with Gasteiger partial charge in [-0.3, -0.25) is 0 Å². The van der Waals surface area contributed by atoms with Crippen molar-refractivity contribution in [2.75, 3.05) is 0 Å². The minimum atomic E-state index is -3.75. The Bertz CT molecular complexity index is 1310. The van der Waals surface area contributed by atoms with Gasteiger partial charge < -0.3 is 0 Å². The fraction of sp³-hybridized carbons (Fsp3) is 0.174. The van der Waals surface area contributed by atoms with E-state index in [1.807, 2.05) is 67.6 Å². The van der Waals surface area contributed by atoms with Crippen LogP contribution in [-0.2, 0) is 16.6 Å². The zero-order valence-corrected chi connectivity index (χ0v) is 18.4. The Morgan fingerprint density at radius 2 is 1.68 bits per heavy atom. The van der Waals surface area contributed by atoms with Gasteiger partial charge in [-0.2, -0.15) is 5.10 Å². The molecule has 0 bridgehead atoms. The summed E-state index contributed by atoms with van der Waals surface area (Å²) in [5, 5.41) is 13.0. The molecule has 0 fully saturated rings. The second kappa shape index (κ2) is 8.41. The second-order valence-corrected chi connectivity index (χ2v) is 9.07. The number of nitrogens with one attached hydrogen (secondary N) is 1. The van der Waals surface area contributed by atoms with Gasteiger partial charge in [0, 0.05) is 12.1 Å². The van der Waals surface area contributed by atoms with E-state index in [2.05, 4.69) is 20.0 Å². The van der Waals surface area contributed by atoms with Crippen molar-refractivity contribution in [2.24, 2.45) is 0 Å². The molecule has 0 aliphatic heterocycles. The van der Waals surface area contributed by atoms with Crippen LogP contribution in [0.4, 0.5) is 0 Å². The van der Waals surface area contributed by atoms with Crippen LogP contribution >= 0.6 is 0 Å². The molecule has 0 spiro atoms. The molecule has 0 atom stereocenters. The standard InChI is InChI=1S/C23H23N5O2S/c1-16-8-7-9-19(14-16)15-24-31(29,30)23-17(2)27-28(18(23)3)22-13-12-21(25-26-22)20-10-5-4-6-11-20/h4-14,24H,15H2,1-3H3. The van der Waals surface area contributed by atoms with E-state index in [-0.39, 0.29) is 11.4 Å². The van der Waals surface area contributed by atoms with E-state index < -0.39 is 10.0 Å². The first kappa shape index (κ1) is 20.9. The molecule has 0 saturated carbocycles. The molecule has 2 aromatic heterocycles. The van der Waals surface area contributed by atoms with E-state index in [0.29, 0.717) is 17.2 Å². The molecule has 0 saturated heterocycles. The lowest BCUT2D eigenvalue weighted by Gasteiger charge is -2.08. The third-order valence-electron chi connectivity index (χ3n) is 4.98. The molecule has 1 N–H and O–H groups in total. The van der Waals surface area contributed by atoms with Crippen LogP contribution < -0.4 is 4.72 Å². The van der Waals surface area contributed by atoms with Crippen molar-refractivity contribution in [3.05, 3.63) is 89.2 Å². The summed E-state index contributed by atoms with van der Waals surface area (Å²) in [6.45, 7) is 5.57. The number of benzene rings is 2. The Morgan fingerprint density at radius 1 is 0.903 bits per heavy atom. The first-order valence-corrected chi connectivity index (χ1v) is 11.3. The molecule has 2 aromatic carbocycles. The fourth-order valence-electron chi connectivity index (χ4n) is 3.51. The second-order valence-electron chi connectivity index (χ2n) is 7.37. The molecular weight excluding hydrogens is 410 g/mol. The summed E-state index contributed by atoms with van der Waals surface area (Å²) in [6, 6.07) is 21.1. The number of nitrogens with zero attached hydrogens (tertiary/aromatic N) is 4. The molecule has 0 amide bonds. The van der Waals surface area contributed by atoms with E-state index in [1.165, 1.54) is 4.68 Å². The van der Waals surface area contributed by atoms with Gasteiger partial charge in [0.05, 0.1) is 17.1 Å². The monoisotopic (exact) mass is 433 g/mol. The number of aryl methyl sites for hydroxylation is 2. The Morgan fingerprint density at radius 3 is 2.35 bits per heavy atom. The lowest BCUT2D eigenvalue weighted by atomic mass is 10.1. The summed E-state index contributed by atoms with van der Waals surface area (Å²) in [4.78, 5) is 0.161. The summed E-state index contributed by atoms with van der Waals surface area (Å²) >= 11 is 0. The van der Waals surface area contributed by atoms with Crippen LogP contribution in [0, 0.1) is 20.8 Å². The Balaban J connectivity index is 1.61. The SMILES string of the molecule is Cc1cccc(CNS(=O)(=O)c2c(C)nn(-c3ccc(-c4ccccc4)nn3)c2C)c1. The fourth-order valence-corrected chi connectivity index (χ4v) is 4.92. The molecule has 4 aromatic rings. The quantitative estimate of drug-likeness (QED) is 0.500. The summed E-state index contributed by atoms with van der Waals surface area (Å²) in [6.07, 6.45) is 0. The third-order valence-corrected chi connectivity index (χ3v) is 6.63. The maximum Gasteiger partial charge on any atom is 0.244 e. The van der Waals surface area contributed by atoms with Gasteiger partial charge in [0.2, 0.25) is 10.0 Å². The van der Waals surface area contributed by atoms with E-state index in [9.17, 15) is 8.42 Å². The topological polar surface area (TPSA) is 89.8 Å². The van der Waals surface area contributed by atoms with Crippen LogP contribution in [0.5, 0.6) is 0 Å². The van der Waals surface area contributed by atoms with E-state index in [0.717, 1.165) is 22.4 Å². The van der Waals surface area contributed by atoms with Gasteiger partial charge in [-0.1, -0.05) is 60.2 Å². The van der Waals surface area contributed by atoms with Gasteiger partial charge in [-0.25, -0.2) is 17.8 Å². The van der Waals surface area contributed by atoms with Crippen molar-refractivity contribution >= 4 is 10.0 Å². The molecule has 0 radical (unpaired) electrons. The summed E-state index contributed by atoms with van der Waals surface area (Å²) in [7, 11) is -3.75. The average Bonchev–Trinajstić information content (AvgIpc) is 3.08. The Hall–Kier alpha value is -3.36. The smallest absolute Gasteiger partial charge is 0.216 e. The molecule has 0 aliphatic rings. The lowest BCUT2D eigenvalue weighted by Crippen LogP contribution is -2.24. The molecule has 0 unspecified atom stereocenters. The van der Waals surface area contributed by atoms with Gasteiger partial charge in [0.25, 0.3) is 0 Å².